The zero-order chi connectivity index (χ0) is 8.27. The molecule has 1 rings (SSSR count). The Hall–Kier alpha value is -1.04. The van der Waals surface area contributed by atoms with Crippen LogP contribution in [0.5, 0.6) is 0 Å². The molecule has 3 nitrogen and oxygen atoms in total. The summed E-state index contributed by atoms with van der Waals surface area (Å²) in [6.07, 6.45) is 1.60. The molecule has 1 aliphatic rings. The Bertz CT molecular complexity index is 195. The van der Waals surface area contributed by atoms with E-state index >= 15 is 0 Å². The average Bonchev–Trinajstić information content (AvgIpc) is 2.37. The van der Waals surface area contributed by atoms with Crippen molar-refractivity contribution in [3.63, 3.8) is 0 Å². The van der Waals surface area contributed by atoms with Gasteiger partial charge in [0.2, 0.25) is 5.91 Å². The van der Waals surface area contributed by atoms with Gasteiger partial charge in [-0.25, -0.2) is 0 Å². The smallest absolute Gasteiger partial charge is 0.223 e. The summed E-state index contributed by atoms with van der Waals surface area (Å²) in [6.45, 7) is 2.63. The van der Waals surface area contributed by atoms with Crippen molar-refractivity contribution >= 4 is 5.91 Å². The SMILES string of the molecule is CC(C#N)CC1CCNC1=O. The first-order chi connectivity index (χ1) is 5.24. The molecular weight excluding hydrogens is 140 g/mol. The molecule has 1 saturated heterocycles. The molecule has 1 aliphatic heterocycles. The third kappa shape index (κ3) is 1.94. The zero-order valence-corrected chi connectivity index (χ0v) is 6.63. The van der Waals surface area contributed by atoms with Gasteiger partial charge in [-0.2, -0.15) is 5.26 Å². The molecule has 0 aromatic heterocycles. The van der Waals surface area contributed by atoms with Gasteiger partial charge in [0.15, 0.2) is 0 Å². The first-order valence-corrected chi connectivity index (χ1v) is 3.91. The predicted molar refractivity (Wildman–Crippen MR) is 40.5 cm³/mol. The van der Waals surface area contributed by atoms with Crippen LogP contribution >= 0.6 is 0 Å². The summed E-state index contributed by atoms with van der Waals surface area (Å²) in [5.74, 6) is 0.209. The maximum atomic E-state index is 11.0. The lowest BCUT2D eigenvalue weighted by molar-refractivity contribution is -0.122. The second-order valence-electron chi connectivity index (χ2n) is 3.04. The van der Waals surface area contributed by atoms with Gasteiger partial charge in [0.05, 0.1) is 6.07 Å². The number of hydrogen-bond donors (Lipinski definition) is 1. The number of hydrogen-bond acceptors (Lipinski definition) is 2. The van der Waals surface area contributed by atoms with Crippen molar-refractivity contribution < 1.29 is 4.79 Å². The fraction of sp³-hybridized carbons (Fsp3) is 0.750. The number of nitrogens with one attached hydrogen (secondary N) is 1. The number of carbonyl (C=O) groups excluding carboxylic acids is 1. The van der Waals surface area contributed by atoms with E-state index in [2.05, 4.69) is 11.4 Å². The number of carbonyl (C=O) groups is 1. The second kappa shape index (κ2) is 3.38. The molecule has 1 heterocycles. The minimum Gasteiger partial charge on any atom is -0.356 e. The van der Waals surface area contributed by atoms with Gasteiger partial charge in [-0.05, 0) is 19.8 Å². The molecule has 1 N–H and O–H groups in total. The minimum atomic E-state index is 0.00356. The maximum absolute atomic E-state index is 11.0. The van der Waals surface area contributed by atoms with Crippen molar-refractivity contribution in [2.24, 2.45) is 11.8 Å². The summed E-state index contributed by atoms with van der Waals surface area (Å²) >= 11 is 0. The summed E-state index contributed by atoms with van der Waals surface area (Å²) in [5.41, 5.74) is 0. The second-order valence-corrected chi connectivity index (χ2v) is 3.04. The van der Waals surface area contributed by atoms with Crippen LogP contribution in [0.4, 0.5) is 0 Å². The van der Waals surface area contributed by atoms with Crippen LogP contribution in [0.2, 0.25) is 0 Å². The van der Waals surface area contributed by atoms with Gasteiger partial charge in [-0.3, -0.25) is 4.79 Å². The van der Waals surface area contributed by atoms with Crippen LogP contribution < -0.4 is 5.32 Å². The Morgan fingerprint density at radius 2 is 2.64 bits per heavy atom. The molecule has 1 amide bonds. The van der Waals surface area contributed by atoms with Crippen LogP contribution in [-0.2, 0) is 4.79 Å². The van der Waals surface area contributed by atoms with Gasteiger partial charge in [-0.1, -0.05) is 0 Å². The predicted octanol–water partition coefficient (Wildman–Crippen LogP) is 0.672. The molecule has 3 heteroatoms. The van der Waals surface area contributed by atoms with Crippen molar-refractivity contribution in [1.82, 2.24) is 5.32 Å². The summed E-state index contributed by atoms with van der Waals surface area (Å²) in [4.78, 5) is 11.0. The summed E-state index contributed by atoms with van der Waals surface area (Å²) in [6, 6.07) is 2.13. The molecule has 2 unspecified atom stereocenters. The van der Waals surface area contributed by atoms with Crippen molar-refractivity contribution in [2.45, 2.75) is 19.8 Å². The molecule has 0 spiro atoms. The molecule has 0 radical (unpaired) electrons. The molecular formula is C8H12N2O. The van der Waals surface area contributed by atoms with Crippen molar-refractivity contribution in [2.75, 3.05) is 6.54 Å². The Labute approximate surface area is 66.4 Å². The fourth-order valence-corrected chi connectivity index (χ4v) is 1.35. The zero-order valence-electron chi connectivity index (χ0n) is 6.63. The first kappa shape index (κ1) is 8.06. The van der Waals surface area contributed by atoms with Crippen LogP contribution in [0.3, 0.4) is 0 Å². The van der Waals surface area contributed by atoms with Crippen molar-refractivity contribution in [3.05, 3.63) is 0 Å². The minimum absolute atomic E-state index is 0.00356. The first-order valence-electron chi connectivity index (χ1n) is 3.91. The fourth-order valence-electron chi connectivity index (χ4n) is 1.35. The monoisotopic (exact) mass is 152 g/mol. The normalized spacial score (nSPS) is 25.8. The van der Waals surface area contributed by atoms with E-state index in [9.17, 15) is 4.79 Å². The van der Waals surface area contributed by atoms with Gasteiger partial charge in [0, 0.05) is 18.4 Å². The van der Waals surface area contributed by atoms with Crippen molar-refractivity contribution in [1.29, 1.82) is 5.26 Å². The van der Waals surface area contributed by atoms with Crippen LogP contribution in [0, 0.1) is 23.2 Å². The third-order valence-electron chi connectivity index (χ3n) is 2.02. The highest BCUT2D eigenvalue weighted by Crippen LogP contribution is 2.18. The van der Waals surface area contributed by atoms with E-state index < -0.39 is 0 Å². The van der Waals surface area contributed by atoms with E-state index in [1.807, 2.05) is 6.92 Å². The molecule has 0 bridgehead atoms. The highest BCUT2D eigenvalue weighted by molar-refractivity contribution is 5.80. The molecule has 0 saturated carbocycles. The van der Waals surface area contributed by atoms with Gasteiger partial charge in [-0.15, -0.1) is 0 Å². The standard InChI is InChI=1S/C8H12N2O/c1-6(5-9)4-7-2-3-10-8(7)11/h6-7H,2-4H2,1H3,(H,10,11). The topological polar surface area (TPSA) is 52.9 Å². The van der Waals surface area contributed by atoms with E-state index in [0.717, 1.165) is 13.0 Å². The van der Waals surface area contributed by atoms with E-state index in [4.69, 9.17) is 5.26 Å². The Morgan fingerprint density at radius 3 is 3.09 bits per heavy atom. The number of rotatable bonds is 2. The third-order valence-corrected chi connectivity index (χ3v) is 2.02. The molecule has 2 atom stereocenters. The highest BCUT2D eigenvalue weighted by atomic mass is 16.2. The van der Waals surface area contributed by atoms with Crippen molar-refractivity contribution in [3.8, 4) is 6.07 Å². The summed E-state index contributed by atoms with van der Waals surface area (Å²) < 4.78 is 0. The molecule has 1 fully saturated rings. The molecule has 0 aromatic carbocycles. The van der Waals surface area contributed by atoms with Gasteiger partial charge >= 0.3 is 0 Å². The van der Waals surface area contributed by atoms with E-state index in [-0.39, 0.29) is 17.7 Å². The van der Waals surface area contributed by atoms with E-state index in [0.29, 0.717) is 6.42 Å². The number of nitriles is 1. The van der Waals surface area contributed by atoms with E-state index in [1.54, 1.807) is 0 Å². The summed E-state index contributed by atoms with van der Waals surface area (Å²) in [5, 5.41) is 11.3. The van der Waals surface area contributed by atoms with Crippen LogP contribution in [0.25, 0.3) is 0 Å². The summed E-state index contributed by atoms with van der Waals surface area (Å²) in [7, 11) is 0. The molecule has 60 valence electrons. The van der Waals surface area contributed by atoms with E-state index in [1.165, 1.54) is 0 Å². The average molecular weight is 152 g/mol. The molecule has 0 aliphatic carbocycles. The Morgan fingerprint density at radius 1 is 1.91 bits per heavy atom. The number of amides is 1. The Balaban J connectivity index is 2.38. The van der Waals surface area contributed by atoms with Crippen LogP contribution in [0.1, 0.15) is 19.8 Å². The van der Waals surface area contributed by atoms with Crippen LogP contribution in [-0.4, -0.2) is 12.5 Å². The maximum Gasteiger partial charge on any atom is 0.223 e. The molecule has 0 aromatic rings. The molecule has 11 heavy (non-hydrogen) atoms. The lowest BCUT2D eigenvalue weighted by Gasteiger charge is -2.06. The highest BCUT2D eigenvalue weighted by Gasteiger charge is 2.25. The van der Waals surface area contributed by atoms with Gasteiger partial charge < -0.3 is 5.32 Å². The quantitative estimate of drug-likeness (QED) is 0.632. The lowest BCUT2D eigenvalue weighted by Crippen LogP contribution is -2.20. The number of nitrogens with zero attached hydrogens (tertiary/aromatic N) is 1. The van der Waals surface area contributed by atoms with Gasteiger partial charge in [0.1, 0.15) is 0 Å². The Kier molecular flexibility index (Phi) is 2.48. The van der Waals surface area contributed by atoms with Gasteiger partial charge in [0.25, 0.3) is 0 Å². The largest absolute Gasteiger partial charge is 0.356 e. The van der Waals surface area contributed by atoms with Crippen LogP contribution in [0.15, 0.2) is 0 Å². The lowest BCUT2D eigenvalue weighted by atomic mass is 9.96.